The second-order valence-electron chi connectivity index (χ2n) is 5.47. The van der Waals surface area contributed by atoms with Crippen molar-refractivity contribution >= 4 is 11.6 Å². The third-order valence-electron chi connectivity index (χ3n) is 4.25. The lowest BCUT2D eigenvalue weighted by Crippen LogP contribution is -2.46. The number of nitrogens with zero attached hydrogens (tertiary/aromatic N) is 1. The number of benzene rings is 1. The van der Waals surface area contributed by atoms with Crippen LogP contribution in [0.1, 0.15) is 12.8 Å². The van der Waals surface area contributed by atoms with Gasteiger partial charge in [-0.15, -0.1) is 0 Å². The van der Waals surface area contributed by atoms with Crippen LogP contribution < -0.4 is 10.1 Å². The van der Waals surface area contributed by atoms with Crippen molar-refractivity contribution in [1.82, 2.24) is 10.2 Å². The van der Waals surface area contributed by atoms with E-state index in [0.29, 0.717) is 0 Å². The zero-order chi connectivity index (χ0) is 13.1. The van der Waals surface area contributed by atoms with Gasteiger partial charge in [0, 0.05) is 24.2 Å². The van der Waals surface area contributed by atoms with Gasteiger partial charge in [-0.2, -0.15) is 0 Å². The molecule has 0 spiro atoms. The van der Waals surface area contributed by atoms with Crippen molar-refractivity contribution in [1.29, 1.82) is 0 Å². The first-order valence-electron chi connectivity index (χ1n) is 7.16. The first-order valence-corrected chi connectivity index (χ1v) is 7.54. The van der Waals surface area contributed by atoms with E-state index in [1.807, 2.05) is 24.3 Å². The summed E-state index contributed by atoms with van der Waals surface area (Å²) < 4.78 is 5.79. The molecule has 2 aliphatic rings. The first kappa shape index (κ1) is 13.2. The molecule has 1 aromatic rings. The average Bonchev–Trinajstić information content (AvgIpc) is 2.90. The number of nitrogens with one attached hydrogen (secondary N) is 1. The summed E-state index contributed by atoms with van der Waals surface area (Å²) in [6, 6.07) is 8.32. The van der Waals surface area contributed by atoms with Gasteiger partial charge in [-0.05, 0) is 56.1 Å². The highest BCUT2D eigenvalue weighted by atomic mass is 35.5. The van der Waals surface area contributed by atoms with Gasteiger partial charge in [-0.3, -0.25) is 4.90 Å². The second kappa shape index (κ2) is 6.12. The van der Waals surface area contributed by atoms with Crippen LogP contribution in [0.15, 0.2) is 24.3 Å². The molecule has 0 saturated carbocycles. The third-order valence-corrected chi connectivity index (χ3v) is 4.51. The fourth-order valence-corrected chi connectivity index (χ4v) is 3.38. The van der Waals surface area contributed by atoms with E-state index in [1.165, 1.54) is 25.9 Å². The Bertz CT molecular complexity index is 409. The van der Waals surface area contributed by atoms with Crippen molar-refractivity contribution < 1.29 is 4.74 Å². The number of hydrogen-bond donors (Lipinski definition) is 1. The predicted molar refractivity (Wildman–Crippen MR) is 77.9 cm³/mol. The van der Waals surface area contributed by atoms with Crippen LogP contribution in [0.2, 0.25) is 5.02 Å². The molecule has 1 aromatic carbocycles. The third kappa shape index (κ3) is 3.22. The van der Waals surface area contributed by atoms with Crippen LogP contribution in [0, 0.1) is 5.92 Å². The van der Waals surface area contributed by atoms with Crippen molar-refractivity contribution in [2.75, 3.05) is 32.8 Å². The van der Waals surface area contributed by atoms with Crippen LogP contribution in [-0.4, -0.2) is 43.7 Å². The molecular formula is C15H21ClN2O. The van der Waals surface area contributed by atoms with Gasteiger partial charge < -0.3 is 10.1 Å². The number of hydrogen-bond acceptors (Lipinski definition) is 3. The van der Waals surface area contributed by atoms with E-state index in [4.69, 9.17) is 16.3 Å². The summed E-state index contributed by atoms with van der Waals surface area (Å²) in [5.74, 6) is 1.76. The number of rotatable bonds is 4. The standard InChI is InChI=1S/C15H21ClN2O/c16-13-3-5-14(6-4-13)19-9-8-18-7-1-2-12-10-17-11-15(12)18/h3-6,12,15,17H,1-2,7-11H2. The SMILES string of the molecule is Clc1ccc(OCCN2CCCC3CNCC32)cc1. The van der Waals surface area contributed by atoms with Gasteiger partial charge in [0.25, 0.3) is 0 Å². The molecular weight excluding hydrogens is 260 g/mol. The van der Waals surface area contributed by atoms with Crippen LogP contribution in [0.4, 0.5) is 0 Å². The zero-order valence-corrected chi connectivity index (χ0v) is 11.9. The molecule has 104 valence electrons. The average molecular weight is 281 g/mol. The minimum Gasteiger partial charge on any atom is -0.492 e. The molecule has 2 atom stereocenters. The lowest BCUT2D eigenvalue weighted by molar-refractivity contribution is 0.105. The molecule has 1 N–H and O–H groups in total. The van der Waals surface area contributed by atoms with E-state index in [-0.39, 0.29) is 0 Å². The maximum absolute atomic E-state index is 5.86. The van der Waals surface area contributed by atoms with E-state index in [1.54, 1.807) is 0 Å². The Labute approximate surface area is 119 Å². The molecule has 0 bridgehead atoms. The minimum atomic E-state index is 0.725. The van der Waals surface area contributed by atoms with Crippen LogP contribution in [0.3, 0.4) is 0 Å². The lowest BCUT2D eigenvalue weighted by atomic mass is 9.92. The normalized spacial score (nSPS) is 27.2. The number of piperidine rings is 1. The Morgan fingerprint density at radius 3 is 2.95 bits per heavy atom. The highest BCUT2D eigenvalue weighted by Gasteiger charge is 2.34. The Hall–Kier alpha value is -0.770. The topological polar surface area (TPSA) is 24.5 Å². The Morgan fingerprint density at radius 1 is 1.26 bits per heavy atom. The molecule has 0 aliphatic carbocycles. The summed E-state index contributed by atoms with van der Waals surface area (Å²) >= 11 is 5.86. The summed E-state index contributed by atoms with van der Waals surface area (Å²) in [7, 11) is 0. The van der Waals surface area contributed by atoms with E-state index in [9.17, 15) is 0 Å². The van der Waals surface area contributed by atoms with E-state index in [0.717, 1.165) is 42.4 Å². The van der Waals surface area contributed by atoms with Crippen molar-refractivity contribution in [2.24, 2.45) is 5.92 Å². The quantitative estimate of drug-likeness (QED) is 0.917. The van der Waals surface area contributed by atoms with Crippen molar-refractivity contribution in [3.8, 4) is 5.75 Å². The van der Waals surface area contributed by atoms with Gasteiger partial charge >= 0.3 is 0 Å². The van der Waals surface area contributed by atoms with E-state index < -0.39 is 0 Å². The summed E-state index contributed by atoms with van der Waals surface area (Å²) in [4.78, 5) is 2.59. The van der Waals surface area contributed by atoms with Crippen molar-refractivity contribution in [3.63, 3.8) is 0 Å². The number of halogens is 1. The largest absolute Gasteiger partial charge is 0.492 e. The molecule has 0 radical (unpaired) electrons. The van der Waals surface area contributed by atoms with Gasteiger partial charge in [0.2, 0.25) is 0 Å². The lowest BCUT2D eigenvalue weighted by Gasteiger charge is -2.36. The van der Waals surface area contributed by atoms with Gasteiger partial charge in [0.05, 0.1) is 0 Å². The van der Waals surface area contributed by atoms with Crippen LogP contribution in [0.25, 0.3) is 0 Å². The molecule has 2 aliphatic heterocycles. The molecule has 0 aromatic heterocycles. The van der Waals surface area contributed by atoms with Crippen LogP contribution in [0.5, 0.6) is 5.75 Å². The zero-order valence-electron chi connectivity index (χ0n) is 11.1. The summed E-state index contributed by atoms with van der Waals surface area (Å²) in [6.45, 7) is 5.33. The van der Waals surface area contributed by atoms with Gasteiger partial charge in [0.15, 0.2) is 0 Å². The highest BCUT2D eigenvalue weighted by Crippen LogP contribution is 2.26. The summed E-state index contributed by atoms with van der Waals surface area (Å²) in [5, 5.41) is 4.26. The molecule has 2 unspecified atom stereocenters. The predicted octanol–water partition coefficient (Wildman–Crippen LogP) is 2.40. The number of likely N-dealkylation sites (tertiary alicyclic amines) is 1. The Morgan fingerprint density at radius 2 is 2.11 bits per heavy atom. The molecule has 3 rings (SSSR count). The van der Waals surface area contributed by atoms with E-state index in [2.05, 4.69) is 10.2 Å². The van der Waals surface area contributed by atoms with Gasteiger partial charge in [0.1, 0.15) is 12.4 Å². The number of ether oxygens (including phenoxy) is 1. The highest BCUT2D eigenvalue weighted by molar-refractivity contribution is 6.30. The smallest absolute Gasteiger partial charge is 0.119 e. The Balaban J connectivity index is 1.48. The minimum absolute atomic E-state index is 0.725. The van der Waals surface area contributed by atoms with Gasteiger partial charge in [-0.1, -0.05) is 11.6 Å². The number of fused-ring (bicyclic) bond motifs is 1. The maximum Gasteiger partial charge on any atom is 0.119 e. The van der Waals surface area contributed by atoms with Crippen molar-refractivity contribution in [2.45, 2.75) is 18.9 Å². The molecule has 2 fully saturated rings. The molecule has 0 amide bonds. The monoisotopic (exact) mass is 280 g/mol. The first-order chi connectivity index (χ1) is 9.33. The fraction of sp³-hybridized carbons (Fsp3) is 0.600. The fourth-order valence-electron chi connectivity index (χ4n) is 3.25. The molecule has 19 heavy (non-hydrogen) atoms. The van der Waals surface area contributed by atoms with Crippen LogP contribution >= 0.6 is 11.6 Å². The van der Waals surface area contributed by atoms with Crippen molar-refractivity contribution in [3.05, 3.63) is 29.3 Å². The second-order valence-corrected chi connectivity index (χ2v) is 5.90. The maximum atomic E-state index is 5.86. The summed E-state index contributed by atoms with van der Waals surface area (Å²) in [5.41, 5.74) is 0. The molecule has 2 heterocycles. The molecule has 2 saturated heterocycles. The van der Waals surface area contributed by atoms with Gasteiger partial charge in [-0.25, -0.2) is 0 Å². The Kier molecular flexibility index (Phi) is 4.26. The van der Waals surface area contributed by atoms with E-state index >= 15 is 0 Å². The summed E-state index contributed by atoms with van der Waals surface area (Å²) in [6.07, 6.45) is 2.70. The van der Waals surface area contributed by atoms with Crippen LogP contribution in [-0.2, 0) is 0 Å². The molecule has 3 nitrogen and oxygen atoms in total. The molecule has 4 heteroatoms.